The number of amides is 1. The minimum atomic E-state index is -2.59. The van der Waals surface area contributed by atoms with Gasteiger partial charge in [-0.25, -0.2) is 18.7 Å². The van der Waals surface area contributed by atoms with E-state index >= 15 is 0 Å². The number of hydrogen-bond donors (Lipinski definition) is 0. The summed E-state index contributed by atoms with van der Waals surface area (Å²) >= 11 is 0. The molecule has 1 aromatic carbocycles. The van der Waals surface area contributed by atoms with Crippen molar-refractivity contribution in [3.05, 3.63) is 60.0 Å². The highest BCUT2D eigenvalue weighted by molar-refractivity contribution is 5.96. The average Bonchev–Trinajstić information content (AvgIpc) is 3.08. The van der Waals surface area contributed by atoms with Gasteiger partial charge >= 0.3 is 0 Å². The van der Waals surface area contributed by atoms with Crippen LogP contribution in [-0.4, -0.2) is 44.4 Å². The standard InChI is InChI=1S/C19H16F2N4O/c20-19(21)14-9-24(10-15(14)19)18(26)13-6-16-17(22-7-13)25(11-23-16)8-12-4-2-1-3-5-12/h1-7,11,14-15H,8-10H2. The van der Waals surface area contributed by atoms with E-state index in [1.165, 1.54) is 11.1 Å². The predicted molar refractivity (Wildman–Crippen MR) is 90.9 cm³/mol. The molecule has 26 heavy (non-hydrogen) atoms. The van der Waals surface area contributed by atoms with Crippen LogP contribution in [0.3, 0.4) is 0 Å². The highest BCUT2D eigenvalue weighted by Gasteiger charge is 2.72. The van der Waals surface area contributed by atoms with Gasteiger partial charge in [-0.15, -0.1) is 0 Å². The summed E-state index contributed by atoms with van der Waals surface area (Å²) in [7, 11) is 0. The van der Waals surface area contributed by atoms with Crippen molar-refractivity contribution >= 4 is 17.1 Å². The maximum atomic E-state index is 13.3. The van der Waals surface area contributed by atoms with Gasteiger partial charge in [-0.2, -0.15) is 0 Å². The number of benzene rings is 1. The lowest BCUT2D eigenvalue weighted by Gasteiger charge is -2.19. The van der Waals surface area contributed by atoms with Crippen LogP contribution in [0.2, 0.25) is 0 Å². The van der Waals surface area contributed by atoms with Crippen molar-refractivity contribution in [1.82, 2.24) is 19.4 Å². The summed E-state index contributed by atoms with van der Waals surface area (Å²) in [6.45, 7) is 0.885. The van der Waals surface area contributed by atoms with E-state index in [-0.39, 0.29) is 19.0 Å². The third-order valence-corrected chi connectivity index (χ3v) is 5.38. The third kappa shape index (κ3) is 2.30. The minimum Gasteiger partial charge on any atom is -0.338 e. The molecule has 0 radical (unpaired) electrons. The second kappa shape index (κ2) is 5.33. The molecule has 0 spiro atoms. The molecule has 1 saturated heterocycles. The molecule has 5 nitrogen and oxygen atoms in total. The summed E-state index contributed by atoms with van der Waals surface area (Å²) in [5.41, 5.74) is 2.85. The molecule has 2 atom stereocenters. The number of aromatic nitrogens is 3. The molecule has 1 aliphatic heterocycles. The van der Waals surface area contributed by atoms with Crippen LogP contribution in [0, 0.1) is 11.8 Å². The second-order valence-corrected chi connectivity index (χ2v) is 7.02. The van der Waals surface area contributed by atoms with E-state index < -0.39 is 17.8 Å². The first-order valence-corrected chi connectivity index (χ1v) is 8.56. The lowest BCUT2D eigenvalue weighted by atomic mass is 10.2. The van der Waals surface area contributed by atoms with Crippen LogP contribution in [0.25, 0.3) is 11.2 Å². The fourth-order valence-electron chi connectivity index (χ4n) is 3.82. The van der Waals surface area contributed by atoms with Crippen molar-refractivity contribution in [2.24, 2.45) is 11.8 Å². The number of hydrogen-bond acceptors (Lipinski definition) is 3. The van der Waals surface area contributed by atoms with Gasteiger partial charge in [0.25, 0.3) is 11.8 Å². The summed E-state index contributed by atoms with van der Waals surface area (Å²) in [6, 6.07) is 11.7. The average molecular weight is 354 g/mol. The number of fused-ring (bicyclic) bond motifs is 2. The van der Waals surface area contributed by atoms with E-state index in [0.717, 1.165) is 5.56 Å². The molecule has 132 valence electrons. The third-order valence-electron chi connectivity index (χ3n) is 5.38. The highest BCUT2D eigenvalue weighted by Crippen LogP contribution is 2.59. The van der Waals surface area contributed by atoms with E-state index in [1.807, 2.05) is 34.9 Å². The Morgan fingerprint density at radius 1 is 1.15 bits per heavy atom. The smallest absolute Gasteiger partial charge is 0.258 e. The summed E-state index contributed by atoms with van der Waals surface area (Å²) in [4.78, 5) is 22.8. The quantitative estimate of drug-likeness (QED) is 0.727. The number of halogens is 2. The summed E-state index contributed by atoms with van der Waals surface area (Å²) in [5.74, 6) is -4.18. The first-order chi connectivity index (χ1) is 12.5. The molecular formula is C19H16F2N4O. The number of carbonyl (C=O) groups excluding carboxylic acids is 1. The van der Waals surface area contributed by atoms with Crippen molar-refractivity contribution in [2.45, 2.75) is 12.5 Å². The van der Waals surface area contributed by atoms with Gasteiger partial charge in [0, 0.05) is 19.3 Å². The number of piperidine rings is 1. The molecule has 2 aromatic heterocycles. The summed E-state index contributed by atoms with van der Waals surface area (Å²) in [6.07, 6.45) is 3.21. The molecule has 5 rings (SSSR count). The Labute approximate surface area is 148 Å². The number of alkyl halides is 2. The van der Waals surface area contributed by atoms with Gasteiger partial charge in [0.05, 0.1) is 30.3 Å². The zero-order valence-corrected chi connectivity index (χ0v) is 13.8. The maximum Gasteiger partial charge on any atom is 0.258 e. The maximum absolute atomic E-state index is 13.3. The fraction of sp³-hybridized carbons (Fsp3) is 0.316. The molecule has 1 amide bonds. The van der Waals surface area contributed by atoms with Crippen molar-refractivity contribution in [3.63, 3.8) is 0 Å². The van der Waals surface area contributed by atoms with Gasteiger partial charge in [-0.05, 0) is 11.6 Å². The molecule has 0 N–H and O–H groups in total. The van der Waals surface area contributed by atoms with Crippen molar-refractivity contribution in [2.75, 3.05) is 13.1 Å². The Morgan fingerprint density at radius 2 is 1.88 bits per heavy atom. The van der Waals surface area contributed by atoms with Gasteiger partial charge in [-0.1, -0.05) is 30.3 Å². The topological polar surface area (TPSA) is 51.0 Å². The number of rotatable bonds is 3. The normalized spacial score (nSPS) is 23.2. The predicted octanol–water partition coefficient (Wildman–Crippen LogP) is 2.82. The van der Waals surface area contributed by atoms with Gasteiger partial charge < -0.3 is 9.47 Å². The Hall–Kier alpha value is -2.83. The zero-order valence-electron chi connectivity index (χ0n) is 13.8. The van der Waals surface area contributed by atoms with Gasteiger partial charge in [0.15, 0.2) is 5.65 Å². The monoisotopic (exact) mass is 354 g/mol. The van der Waals surface area contributed by atoms with Crippen LogP contribution >= 0.6 is 0 Å². The Bertz CT molecular complexity index is 987. The minimum absolute atomic E-state index is 0.122. The van der Waals surface area contributed by atoms with E-state index in [4.69, 9.17) is 0 Å². The molecule has 7 heteroatoms. The lowest BCUT2D eigenvalue weighted by Crippen LogP contribution is -2.33. The first-order valence-electron chi connectivity index (χ1n) is 8.56. The Morgan fingerprint density at radius 3 is 2.62 bits per heavy atom. The van der Waals surface area contributed by atoms with Crippen LogP contribution in [0.4, 0.5) is 8.78 Å². The van der Waals surface area contributed by atoms with Gasteiger partial charge in [0.1, 0.15) is 5.52 Å². The van der Waals surface area contributed by atoms with Crippen LogP contribution in [0.15, 0.2) is 48.9 Å². The molecule has 3 heterocycles. The molecular weight excluding hydrogens is 338 g/mol. The van der Waals surface area contributed by atoms with Crippen LogP contribution in [-0.2, 0) is 6.54 Å². The number of nitrogens with zero attached hydrogens (tertiary/aromatic N) is 4. The number of likely N-dealkylation sites (tertiary alicyclic amines) is 1. The molecule has 3 aromatic rings. The van der Waals surface area contributed by atoms with E-state index in [2.05, 4.69) is 9.97 Å². The molecule has 1 aliphatic carbocycles. The van der Waals surface area contributed by atoms with Crippen LogP contribution in [0.5, 0.6) is 0 Å². The first kappa shape index (κ1) is 15.4. The summed E-state index contributed by atoms with van der Waals surface area (Å²) < 4.78 is 28.5. The van der Waals surface area contributed by atoms with Gasteiger partial charge in [0.2, 0.25) is 0 Å². The van der Waals surface area contributed by atoms with E-state index in [0.29, 0.717) is 23.3 Å². The molecule has 0 bridgehead atoms. The number of imidazole rings is 1. The molecule has 2 aliphatic rings. The molecule has 1 saturated carbocycles. The Balaban J connectivity index is 1.37. The van der Waals surface area contributed by atoms with Crippen LogP contribution < -0.4 is 0 Å². The highest BCUT2D eigenvalue weighted by atomic mass is 19.3. The van der Waals surface area contributed by atoms with Crippen molar-refractivity contribution < 1.29 is 13.6 Å². The Kier molecular flexibility index (Phi) is 3.16. The zero-order chi connectivity index (χ0) is 17.9. The second-order valence-electron chi connectivity index (χ2n) is 7.02. The van der Waals surface area contributed by atoms with Crippen molar-refractivity contribution in [3.8, 4) is 0 Å². The SMILES string of the molecule is O=C(c1cnc2c(c1)ncn2Cc1ccccc1)N1CC2C(C1)C2(F)F. The number of pyridine rings is 1. The molecule has 2 unspecified atom stereocenters. The largest absolute Gasteiger partial charge is 0.338 e. The summed E-state index contributed by atoms with van der Waals surface area (Å²) in [5, 5.41) is 0. The fourth-order valence-corrected chi connectivity index (χ4v) is 3.82. The van der Waals surface area contributed by atoms with Crippen molar-refractivity contribution in [1.29, 1.82) is 0 Å². The van der Waals surface area contributed by atoms with Gasteiger partial charge in [-0.3, -0.25) is 4.79 Å². The lowest BCUT2D eigenvalue weighted by molar-refractivity contribution is 0.0458. The van der Waals surface area contributed by atoms with E-state index in [1.54, 1.807) is 12.4 Å². The number of carbonyl (C=O) groups is 1. The van der Waals surface area contributed by atoms with E-state index in [9.17, 15) is 13.6 Å². The molecule has 2 fully saturated rings. The van der Waals surface area contributed by atoms with Crippen LogP contribution in [0.1, 0.15) is 15.9 Å².